The van der Waals surface area contributed by atoms with Gasteiger partial charge in [0.05, 0.1) is 6.54 Å². The van der Waals surface area contributed by atoms with Crippen LogP contribution in [-0.2, 0) is 17.9 Å². The molecule has 2 saturated heterocycles. The van der Waals surface area contributed by atoms with E-state index in [4.69, 9.17) is 0 Å². The Bertz CT molecular complexity index is 848. The second-order valence-corrected chi connectivity index (χ2v) is 8.73. The Hall–Kier alpha value is -2.35. The van der Waals surface area contributed by atoms with E-state index in [0.29, 0.717) is 32.5 Å². The van der Waals surface area contributed by atoms with Gasteiger partial charge < -0.3 is 4.90 Å². The van der Waals surface area contributed by atoms with Crippen molar-refractivity contribution in [1.29, 1.82) is 0 Å². The van der Waals surface area contributed by atoms with Gasteiger partial charge in [-0.15, -0.1) is 5.10 Å². The summed E-state index contributed by atoms with van der Waals surface area (Å²) in [5, 5.41) is 12.1. The first-order valence-corrected chi connectivity index (χ1v) is 11.1. The van der Waals surface area contributed by atoms with Gasteiger partial charge in [-0.05, 0) is 66.7 Å². The van der Waals surface area contributed by atoms with E-state index < -0.39 is 0 Å². The van der Waals surface area contributed by atoms with Crippen molar-refractivity contribution in [3.63, 3.8) is 0 Å². The molecule has 162 valence electrons. The first-order valence-electron chi connectivity index (χ1n) is 11.1. The van der Waals surface area contributed by atoms with Crippen molar-refractivity contribution in [3.05, 3.63) is 41.5 Å². The minimum atomic E-state index is -0.175. The fourth-order valence-electron chi connectivity index (χ4n) is 4.52. The fourth-order valence-corrected chi connectivity index (χ4v) is 4.52. The Balaban J connectivity index is 1.23. The molecular formula is C22H31FN6O. The van der Waals surface area contributed by atoms with Gasteiger partial charge in [-0.25, -0.2) is 9.07 Å². The van der Waals surface area contributed by atoms with Crippen LogP contribution < -0.4 is 0 Å². The lowest BCUT2D eigenvalue weighted by Gasteiger charge is -2.29. The molecule has 4 rings (SSSR count). The third-order valence-corrected chi connectivity index (χ3v) is 6.49. The zero-order chi connectivity index (χ0) is 20.9. The molecule has 0 aliphatic carbocycles. The van der Waals surface area contributed by atoms with Gasteiger partial charge in [0.2, 0.25) is 5.91 Å². The Morgan fingerprint density at radius 3 is 2.77 bits per heavy atom. The molecule has 3 heterocycles. The molecule has 30 heavy (non-hydrogen) atoms. The highest BCUT2D eigenvalue weighted by atomic mass is 19.1. The van der Waals surface area contributed by atoms with Crippen molar-refractivity contribution in [2.75, 3.05) is 26.2 Å². The van der Waals surface area contributed by atoms with E-state index in [-0.39, 0.29) is 17.6 Å². The van der Waals surface area contributed by atoms with E-state index in [2.05, 4.69) is 27.3 Å². The van der Waals surface area contributed by atoms with Gasteiger partial charge in [0, 0.05) is 32.0 Å². The highest BCUT2D eigenvalue weighted by Crippen LogP contribution is 2.29. The number of tetrazole rings is 1. The van der Waals surface area contributed by atoms with Crippen LogP contribution >= 0.6 is 0 Å². The van der Waals surface area contributed by atoms with E-state index >= 15 is 0 Å². The average Bonchev–Trinajstić information content (AvgIpc) is 3.40. The average molecular weight is 415 g/mol. The largest absolute Gasteiger partial charge is 0.342 e. The molecule has 1 amide bonds. The number of likely N-dealkylation sites (tertiary alicyclic amines) is 2. The van der Waals surface area contributed by atoms with Gasteiger partial charge in [0.15, 0.2) is 5.82 Å². The molecule has 2 aromatic rings. The summed E-state index contributed by atoms with van der Waals surface area (Å²) in [4.78, 5) is 16.9. The normalized spacial score (nSPS) is 20.7. The zero-order valence-corrected chi connectivity index (χ0v) is 17.7. The van der Waals surface area contributed by atoms with Crippen LogP contribution in [0, 0.1) is 11.7 Å². The number of benzene rings is 1. The zero-order valence-electron chi connectivity index (χ0n) is 17.7. The molecule has 2 aliphatic rings. The van der Waals surface area contributed by atoms with E-state index in [1.54, 1.807) is 6.07 Å². The predicted molar refractivity (Wildman–Crippen MR) is 111 cm³/mol. The maximum atomic E-state index is 14.0. The Labute approximate surface area is 177 Å². The monoisotopic (exact) mass is 414 g/mol. The molecule has 2 aliphatic heterocycles. The number of aromatic nitrogens is 4. The lowest BCUT2D eigenvalue weighted by atomic mass is 9.98. The van der Waals surface area contributed by atoms with Crippen molar-refractivity contribution < 1.29 is 9.18 Å². The molecule has 0 N–H and O–H groups in total. The van der Waals surface area contributed by atoms with E-state index in [1.807, 2.05) is 21.7 Å². The quantitative estimate of drug-likeness (QED) is 0.697. The molecule has 0 radical (unpaired) electrons. The number of halogens is 1. The van der Waals surface area contributed by atoms with Crippen molar-refractivity contribution in [3.8, 4) is 0 Å². The number of hydrogen-bond donors (Lipinski definition) is 0. The number of aryl methyl sites for hydroxylation is 1. The smallest absolute Gasteiger partial charge is 0.222 e. The number of rotatable bonds is 7. The minimum Gasteiger partial charge on any atom is -0.342 e. The van der Waals surface area contributed by atoms with Crippen molar-refractivity contribution in [2.24, 2.45) is 5.92 Å². The van der Waals surface area contributed by atoms with Gasteiger partial charge in [0.25, 0.3) is 0 Å². The summed E-state index contributed by atoms with van der Waals surface area (Å²) in [6, 6.07) is 6.89. The molecule has 0 saturated carbocycles. The summed E-state index contributed by atoms with van der Waals surface area (Å²) >= 11 is 0. The van der Waals surface area contributed by atoms with Crippen LogP contribution in [0.1, 0.15) is 56.3 Å². The first kappa shape index (κ1) is 20.9. The molecule has 2 fully saturated rings. The molecular weight excluding hydrogens is 383 g/mol. The maximum Gasteiger partial charge on any atom is 0.222 e. The van der Waals surface area contributed by atoms with Crippen molar-refractivity contribution in [2.45, 2.75) is 58.0 Å². The van der Waals surface area contributed by atoms with Gasteiger partial charge in [-0.1, -0.05) is 25.1 Å². The van der Waals surface area contributed by atoms with Crippen LogP contribution in [-0.4, -0.2) is 62.1 Å². The Kier molecular flexibility index (Phi) is 6.72. The molecule has 0 unspecified atom stereocenters. The summed E-state index contributed by atoms with van der Waals surface area (Å²) in [5.41, 5.74) is 0.721. The Morgan fingerprint density at radius 2 is 1.97 bits per heavy atom. The molecule has 1 atom stereocenters. The number of amides is 1. The highest BCUT2D eigenvalue weighted by Gasteiger charge is 2.28. The molecule has 7 nitrogen and oxygen atoms in total. The number of nitrogens with zero attached hydrogens (tertiary/aromatic N) is 6. The van der Waals surface area contributed by atoms with E-state index in [9.17, 15) is 9.18 Å². The van der Waals surface area contributed by atoms with Crippen LogP contribution in [0.5, 0.6) is 0 Å². The first-order chi connectivity index (χ1) is 14.6. The summed E-state index contributed by atoms with van der Waals surface area (Å²) in [7, 11) is 0. The standard InChI is InChI=1S/C22H31FN6O/c1-17-8-12-27(13-9-17)16-21-24-25-26-29(21)11-4-7-22(30)28-14-10-18(15-28)19-5-2-3-6-20(19)23/h2-3,5-6,17-18H,4,7-16H2,1H3/t18-/m0/s1. The van der Waals surface area contributed by atoms with Gasteiger partial charge in [-0.2, -0.15) is 0 Å². The lowest BCUT2D eigenvalue weighted by molar-refractivity contribution is -0.130. The van der Waals surface area contributed by atoms with E-state index in [1.165, 1.54) is 18.9 Å². The number of hydrogen-bond acceptors (Lipinski definition) is 5. The number of carbonyl (C=O) groups excluding carboxylic acids is 1. The molecule has 0 bridgehead atoms. The summed E-state index contributed by atoms with van der Waals surface area (Å²) in [6.45, 7) is 7.18. The van der Waals surface area contributed by atoms with Crippen LogP contribution in [0.25, 0.3) is 0 Å². The second-order valence-electron chi connectivity index (χ2n) is 8.73. The lowest BCUT2D eigenvalue weighted by Crippen LogP contribution is -2.33. The second kappa shape index (κ2) is 9.64. The molecule has 1 aromatic heterocycles. The third-order valence-electron chi connectivity index (χ3n) is 6.49. The topological polar surface area (TPSA) is 67.2 Å². The van der Waals surface area contributed by atoms with E-state index in [0.717, 1.165) is 43.4 Å². The van der Waals surface area contributed by atoms with Crippen LogP contribution in [0.2, 0.25) is 0 Å². The fraction of sp³-hybridized carbons (Fsp3) is 0.636. The van der Waals surface area contributed by atoms with Crippen molar-refractivity contribution in [1.82, 2.24) is 30.0 Å². The number of carbonyl (C=O) groups is 1. The number of piperidine rings is 1. The van der Waals surface area contributed by atoms with Crippen LogP contribution in [0.3, 0.4) is 0 Å². The Morgan fingerprint density at radius 1 is 1.17 bits per heavy atom. The van der Waals surface area contributed by atoms with Crippen molar-refractivity contribution >= 4 is 5.91 Å². The van der Waals surface area contributed by atoms with Gasteiger partial charge in [0.1, 0.15) is 5.82 Å². The summed E-state index contributed by atoms with van der Waals surface area (Å²) in [5.74, 6) is 1.72. The summed E-state index contributed by atoms with van der Waals surface area (Å²) < 4.78 is 15.9. The van der Waals surface area contributed by atoms with Crippen LogP contribution in [0.4, 0.5) is 4.39 Å². The third kappa shape index (κ3) is 5.03. The molecule has 1 aromatic carbocycles. The minimum absolute atomic E-state index is 0.0912. The molecule has 0 spiro atoms. The molecule has 8 heteroatoms. The highest BCUT2D eigenvalue weighted by molar-refractivity contribution is 5.76. The SMILES string of the molecule is CC1CCN(Cc2nnnn2CCCC(=O)N2CC[C@H](c3ccccc3F)C2)CC1. The van der Waals surface area contributed by atoms with Crippen LogP contribution in [0.15, 0.2) is 24.3 Å². The maximum absolute atomic E-state index is 14.0. The van der Waals surface area contributed by atoms with Gasteiger partial charge >= 0.3 is 0 Å². The van der Waals surface area contributed by atoms with Gasteiger partial charge in [-0.3, -0.25) is 9.69 Å². The summed E-state index contributed by atoms with van der Waals surface area (Å²) in [6.07, 6.45) is 4.43. The predicted octanol–water partition coefficient (Wildman–Crippen LogP) is 2.84.